The van der Waals surface area contributed by atoms with Gasteiger partial charge in [-0.25, -0.2) is 4.98 Å². The molecule has 1 aliphatic heterocycles. The van der Waals surface area contributed by atoms with Crippen molar-refractivity contribution < 1.29 is 14.3 Å². The second-order valence-electron chi connectivity index (χ2n) is 8.38. The average Bonchev–Trinajstić information content (AvgIpc) is 3.41. The monoisotopic (exact) mass is 441 g/mol. The van der Waals surface area contributed by atoms with E-state index in [1.54, 1.807) is 7.11 Å². The minimum Gasteiger partial charge on any atom is -0.497 e. The minimum absolute atomic E-state index is 0.0344. The Balaban J connectivity index is 1.37. The Labute approximate surface area is 193 Å². The van der Waals surface area contributed by atoms with Gasteiger partial charge in [0.1, 0.15) is 23.9 Å². The van der Waals surface area contributed by atoms with Gasteiger partial charge in [-0.05, 0) is 55.5 Å². The summed E-state index contributed by atoms with van der Waals surface area (Å²) >= 11 is 0. The first kappa shape index (κ1) is 21.1. The van der Waals surface area contributed by atoms with Crippen LogP contribution in [0, 0.1) is 6.92 Å². The number of carbonyl (C=O) groups excluding carboxylic acids is 1. The van der Waals surface area contributed by atoms with Crippen LogP contribution in [0.25, 0.3) is 11.0 Å². The minimum atomic E-state index is 0.0344. The average molecular weight is 442 g/mol. The molecule has 0 saturated carbocycles. The predicted octanol–water partition coefficient (Wildman–Crippen LogP) is 4.95. The molecule has 1 aromatic heterocycles. The normalized spacial score (nSPS) is 15.9. The van der Waals surface area contributed by atoms with Gasteiger partial charge in [-0.3, -0.25) is 4.79 Å². The molecular weight excluding hydrogens is 414 g/mol. The van der Waals surface area contributed by atoms with E-state index in [-0.39, 0.29) is 11.8 Å². The van der Waals surface area contributed by atoms with Gasteiger partial charge < -0.3 is 18.9 Å². The van der Waals surface area contributed by atoms with Crippen LogP contribution in [0.2, 0.25) is 0 Å². The number of rotatable bonds is 7. The molecule has 0 N–H and O–H groups in total. The highest BCUT2D eigenvalue weighted by Crippen LogP contribution is 2.33. The first-order chi connectivity index (χ1) is 16.1. The number of para-hydroxylation sites is 2. The van der Waals surface area contributed by atoms with Crippen LogP contribution in [0.1, 0.15) is 23.7 Å². The highest BCUT2D eigenvalue weighted by Gasteiger charge is 2.34. The van der Waals surface area contributed by atoms with Gasteiger partial charge in [-0.15, -0.1) is 0 Å². The Morgan fingerprint density at radius 1 is 0.970 bits per heavy atom. The summed E-state index contributed by atoms with van der Waals surface area (Å²) in [6, 6.07) is 23.8. The molecule has 6 heteroatoms. The van der Waals surface area contributed by atoms with Crippen LogP contribution >= 0.6 is 0 Å². The molecule has 1 amide bonds. The molecule has 2 heterocycles. The van der Waals surface area contributed by atoms with Crippen molar-refractivity contribution in [2.45, 2.75) is 25.8 Å². The molecule has 0 aliphatic carbocycles. The van der Waals surface area contributed by atoms with Crippen molar-refractivity contribution in [2.24, 2.45) is 0 Å². The molecule has 33 heavy (non-hydrogen) atoms. The highest BCUT2D eigenvalue weighted by atomic mass is 16.5. The maximum absolute atomic E-state index is 12.9. The lowest BCUT2D eigenvalue weighted by Gasteiger charge is -2.18. The van der Waals surface area contributed by atoms with E-state index in [2.05, 4.69) is 17.6 Å². The fourth-order valence-corrected chi connectivity index (χ4v) is 4.42. The summed E-state index contributed by atoms with van der Waals surface area (Å²) in [4.78, 5) is 19.7. The number of hydrogen-bond donors (Lipinski definition) is 0. The standard InChI is InChI=1S/C27H27N3O3/c1-19-7-9-21(10-8-19)30-18-20(17-26(30)31)27-28-24-5-3-4-6-25(24)29(27)15-16-33-23-13-11-22(32-2)12-14-23/h3-14,20H,15-18H2,1-2H3. The Bertz CT molecular complexity index is 1260. The van der Waals surface area contributed by atoms with Gasteiger partial charge in [0.05, 0.1) is 24.7 Å². The lowest BCUT2D eigenvalue weighted by Crippen LogP contribution is -2.24. The molecule has 1 fully saturated rings. The fourth-order valence-electron chi connectivity index (χ4n) is 4.42. The number of imidazole rings is 1. The third-order valence-electron chi connectivity index (χ3n) is 6.16. The van der Waals surface area contributed by atoms with Crippen molar-refractivity contribution in [3.8, 4) is 11.5 Å². The highest BCUT2D eigenvalue weighted by molar-refractivity contribution is 5.96. The number of methoxy groups -OCH3 is 1. The molecule has 1 saturated heterocycles. The third kappa shape index (κ3) is 4.29. The Kier molecular flexibility index (Phi) is 5.73. The van der Waals surface area contributed by atoms with E-state index in [0.717, 1.165) is 34.0 Å². The second kappa shape index (κ2) is 8.98. The Hall–Kier alpha value is -3.80. The molecule has 3 aromatic carbocycles. The maximum Gasteiger partial charge on any atom is 0.227 e. The van der Waals surface area contributed by atoms with Crippen LogP contribution in [0.5, 0.6) is 11.5 Å². The fraction of sp³-hybridized carbons (Fsp3) is 0.259. The SMILES string of the molecule is COc1ccc(OCCn2c(C3CC(=O)N(c4ccc(C)cc4)C3)nc3ccccc32)cc1. The summed E-state index contributed by atoms with van der Waals surface area (Å²) in [5.74, 6) is 2.71. The number of hydrogen-bond acceptors (Lipinski definition) is 4. The number of carbonyl (C=O) groups is 1. The van der Waals surface area contributed by atoms with Gasteiger partial charge in [0.2, 0.25) is 5.91 Å². The zero-order valence-corrected chi connectivity index (χ0v) is 18.9. The molecule has 0 spiro atoms. The van der Waals surface area contributed by atoms with E-state index in [4.69, 9.17) is 14.5 Å². The summed E-state index contributed by atoms with van der Waals surface area (Å²) in [5.41, 5.74) is 4.13. The number of anilines is 1. The lowest BCUT2D eigenvalue weighted by atomic mass is 10.1. The molecule has 0 bridgehead atoms. The van der Waals surface area contributed by atoms with E-state index in [1.165, 1.54) is 5.56 Å². The van der Waals surface area contributed by atoms with Gasteiger partial charge >= 0.3 is 0 Å². The topological polar surface area (TPSA) is 56.6 Å². The molecule has 1 unspecified atom stereocenters. The van der Waals surface area contributed by atoms with Crippen LogP contribution in [0.4, 0.5) is 5.69 Å². The van der Waals surface area contributed by atoms with Gasteiger partial charge in [0.15, 0.2) is 0 Å². The summed E-state index contributed by atoms with van der Waals surface area (Å²) in [6.07, 6.45) is 0.455. The summed E-state index contributed by atoms with van der Waals surface area (Å²) in [6.45, 7) is 3.83. The van der Waals surface area contributed by atoms with Crippen molar-refractivity contribution in [2.75, 3.05) is 25.2 Å². The van der Waals surface area contributed by atoms with Crippen molar-refractivity contribution in [3.63, 3.8) is 0 Å². The van der Waals surface area contributed by atoms with Crippen LogP contribution in [0.15, 0.2) is 72.8 Å². The van der Waals surface area contributed by atoms with Crippen molar-refractivity contribution >= 4 is 22.6 Å². The molecule has 6 nitrogen and oxygen atoms in total. The first-order valence-corrected chi connectivity index (χ1v) is 11.2. The number of fused-ring (bicyclic) bond motifs is 1. The van der Waals surface area contributed by atoms with E-state index >= 15 is 0 Å². The smallest absolute Gasteiger partial charge is 0.227 e. The Morgan fingerprint density at radius 2 is 1.70 bits per heavy atom. The van der Waals surface area contributed by atoms with Crippen LogP contribution in [-0.4, -0.2) is 35.7 Å². The van der Waals surface area contributed by atoms with E-state index in [1.807, 2.05) is 71.6 Å². The zero-order valence-electron chi connectivity index (χ0n) is 18.9. The van der Waals surface area contributed by atoms with Crippen molar-refractivity contribution in [1.82, 2.24) is 9.55 Å². The lowest BCUT2D eigenvalue weighted by molar-refractivity contribution is -0.117. The van der Waals surface area contributed by atoms with Crippen molar-refractivity contribution in [1.29, 1.82) is 0 Å². The molecule has 1 aliphatic rings. The van der Waals surface area contributed by atoms with E-state index < -0.39 is 0 Å². The number of nitrogens with zero attached hydrogens (tertiary/aromatic N) is 3. The summed E-state index contributed by atoms with van der Waals surface area (Å²) in [5, 5.41) is 0. The third-order valence-corrected chi connectivity index (χ3v) is 6.16. The zero-order chi connectivity index (χ0) is 22.8. The van der Waals surface area contributed by atoms with Crippen LogP contribution in [0.3, 0.4) is 0 Å². The van der Waals surface area contributed by atoms with Crippen LogP contribution < -0.4 is 14.4 Å². The number of aromatic nitrogens is 2. The second-order valence-corrected chi connectivity index (χ2v) is 8.38. The number of ether oxygens (including phenoxy) is 2. The molecule has 0 radical (unpaired) electrons. The number of amides is 1. The first-order valence-electron chi connectivity index (χ1n) is 11.2. The molecule has 1 atom stereocenters. The van der Waals surface area contributed by atoms with Gasteiger partial charge in [-0.1, -0.05) is 29.8 Å². The molecule has 168 valence electrons. The number of benzene rings is 3. The quantitative estimate of drug-likeness (QED) is 0.407. The summed E-state index contributed by atoms with van der Waals surface area (Å²) in [7, 11) is 1.65. The summed E-state index contributed by atoms with van der Waals surface area (Å²) < 4.78 is 13.4. The number of aryl methyl sites for hydroxylation is 1. The van der Waals surface area contributed by atoms with Gasteiger partial charge in [0.25, 0.3) is 0 Å². The van der Waals surface area contributed by atoms with Gasteiger partial charge in [-0.2, -0.15) is 0 Å². The maximum atomic E-state index is 12.9. The molecule has 4 aromatic rings. The Morgan fingerprint density at radius 3 is 2.45 bits per heavy atom. The molecular formula is C27H27N3O3. The van der Waals surface area contributed by atoms with Crippen molar-refractivity contribution in [3.05, 3.63) is 84.2 Å². The molecule has 5 rings (SSSR count). The van der Waals surface area contributed by atoms with Gasteiger partial charge in [0, 0.05) is 24.6 Å². The van der Waals surface area contributed by atoms with E-state index in [0.29, 0.717) is 26.1 Å². The predicted molar refractivity (Wildman–Crippen MR) is 129 cm³/mol. The van der Waals surface area contributed by atoms with Crippen LogP contribution in [-0.2, 0) is 11.3 Å². The van der Waals surface area contributed by atoms with E-state index in [9.17, 15) is 4.79 Å². The largest absolute Gasteiger partial charge is 0.497 e.